The third-order valence-electron chi connectivity index (χ3n) is 3.73. The number of hydrogen-bond acceptors (Lipinski definition) is 4. The molecule has 0 bridgehead atoms. The summed E-state index contributed by atoms with van der Waals surface area (Å²) in [5, 5.41) is 14.0. The van der Waals surface area contributed by atoms with Crippen LogP contribution in [0.3, 0.4) is 0 Å². The lowest BCUT2D eigenvalue weighted by Crippen LogP contribution is -2.20. The Morgan fingerprint density at radius 3 is 2.75 bits per heavy atom. The molecule has 1 aliphatic carbocycles. The second-order valence-corrected chi connectivity index (χ2v) is 5.32. The first kappa shape index (κ1) is 14.8. The predicted molar refractivity (Wildman–Crippen MR) is 79.1 cm³/mol. The molecular weight excluding hydrogens is 256 g/mol. The molecule has 2 rings (SSSR count). The third kappa shape index (κ3) is 4.20. The molecule has 110 valence electrons. The van der Waals surface area contributed by atoms with Gasteiger partial charge in [-0.1, -0.05) is 19.3 Å². The number of rotatable bonds is 6. The largest absolute Gasteiger partial charge is 0.383 e. The fourth-order valence-electron chi connectivity index (χ4n) is 2.62. The molecule has 1 aliphatic rings. The molecule has 0 saturated heterocycles. The van der Waals surface area contributed by atoms with Crippen LogP contribution in [-0.2, 0) is 4.74 Å². The standard InChI is InChI=1S/C15H22N2O3/c1-12-11-13(7-8-15(12)17(18)19)16-9-10-20-14-5-3-2-4-6-14/h7-8,11,14,16H,2-6,9-10H2,1H3. The van der Waals surface area contributed by atoms with Crippen LogP contribution in [0.1, 0.15) is 37.7 Å². The van der Waals surface area contributed by atoms with Gasteiger partial charge < -0.3 is 10.1 Å². The monoisotopic (exact) mass is 278 g/mol. The van der Waals surface area contributed by atoms with E-state index in [1.165, 1.54) is 32.1 Å². The Bertz CT molecular complexity index is 456. The van der Waals surface area contributed by atoms with Gasteiger partial charge in [0.05, 0.1) is 17.6 Å². The van der Waals surface area contributed by atoms with Crippen molar-refractivity contribution in [2.45, 2.75) is 45.1 Å². The van der Waals surface area contributed by atoms with Gasteiger partial charge in [0, 0.05) is 23.9 Å². The molecule has 0 atom stereocenters. The highest BCUT2D eigenvalue weighted by atomic mass is 16.6. The maximum atomic E-state index is 10.7. The number of nitro groups is 1. The van der Waals surface area contributed by atoms with Crippen molar-refractivity contribution in [2.75, 3.05) is 18.5 Å². The van der Waals surface area contributed by atoms with Gasteiger partial charge in [0.2, 0.25) is 0 Å². The molecular formula is C15H22N2O3. The number of nitrogens with one attached hydrogen (secondary N) is 1. The number of ether oxygens (including phenoxy) is 1. The zero-order valence-corrected chi connectivity index (χ0v) is 11.9. The van der Waals surface area contributed by atoms with E-state index in [1.807, 2.05) is 0 Å². The minimum absolute atomic E-state index is 0.161. The number of benzene rings is 1. The van der Waals surface area contributed by atoms with E-state index >= 15 is 0 Å². The first-order valence-corrected chi connectivity index (χ1v) is 7.27. The summed E-state index contributed by atoms with van der Waals surface area (Å²) in [5.41, 5.74) is 1.74. The maximum absolute atomic E-state index is 10.7. The van der Waals surface area contributed by atoms with Crippen LogP contribution < -0.4 is 5.32 Å². The molecule has 0 aliphatic heterocycles. The summed E-state index contributed by atoms with van der Waals surface area (Å²) in [5.74, 6) is 0. The van der Waals surface area contributed by atoms with Crippen LogP contribution in [0, 0.1) is 17.0 Å². The molecule has 1 aromatic rings. The van der Waals surface area contributed by atoms with Crippen molar-refractivity contribution >= 4 is 11.4 Å². The smallest absolute Gasteiger partial charge is 0.272 e. The minimum atomic E-state index is -0.356. The molecule has 0 aromatic heterocycles. The molecule has 0 heterocycles. The van der Waals surface area contributed by atoms with Crippen molar-refractivity contribution in [1.29, 1.82) is 0 Å². The van der Waals surface area contributed by atoms with Crippen LogP contribution in [0.25, 0.3) is 0 Å². The van der Waals surface area contributed by atoms with E-state index in [0.717, 1.165) is 12.2 Å². The van der Waals surface area contributed by atoms with Crippen LogP contribution >= 0.6 is 0 Å². The van der Waals surface area contributed by atoms with Crippen LogP contribution in [0.15, 0.2) is 18.2 Å². The summed E-state index contributed by atoms with van der Waals surface area (Å²) in [7, 11) is 0. The van der Waals surface area contributed by atoms with Gasteiger partial charge in [0.15, 0.2) is 0 Å². The maximum Gasteiger partial charge on any atom is 0.272 e. The van der Waals surface area contributed by atoms with E-state index in [4.69, 9.17) is 4.74 Å². The quantitative estimate of drug-likeness (QED) is 0.490. The summed E-state index contributed by atoms with van der Waals surface area (Å²) in [6, 6.07) is 5.09. The minimum Gasteiger partial charge on any atom is -0.383 e. The Kier molecular flexibility index (Phi) is 5.35. The van der Waals surface area contributed by atoms with E-state index in [1.54, 1.807) is 25.1 Å². The molecule has 0 spiro atoms. The zero-order valence-electron chi connectivity index (χ0n) is 11.9. The van der Waals surface area contributed by atoms with Gasteiger partial charge in [-0.15, -0.1) is 0 Å². The lowest BCUT2D eigenvalue weighted by molar-refractivity contribution is -0.385. The fraction of sp³-hybridized carbons (Fsp3) is 0.600. The van der Waals surface area contributed by atoms with Gasteiger partial charge >= 0.3 is 0 Å². The Morgan fingerprint density at radius 1 is 1.35 bits per heavy atom. The lowest BCUT2D eigenvalue weighted by Gasteiger charge is -2.22. The van der Waals surface area contributed by atoms with E-state index in [2.05, 4.69) is 5.32 Å². The summed E-state index contributed by atoms with van der Waals surface area (Å²) in [6.07, 6.45) is 6.66. The van der Waals surface area contributed by atoms with Crippen molar-refractivity contribution in [2.24, 2.45) is 0 Å². The molecule has 1 fully saturated rings. The van der Waals surface area contributed by atoms with Gasteiger partial charge in [-0.05, 0) is 31.9 Å². The number of anilines is 1. The highest BCUT2D eigenvalue weighted by molar-refractivity contribution is 5.53. The molecule has 1 aromatic carbocycles. The molecule has 1 N–H and O–H groups in total. The van der Waals surface area contributed by atoms with Gasteiger partial charge in [-0.2, -0.15) is 0 Å². The molecule has 1 saturated carbocycles. The van der Waals surface area contributed by atoms with Gasteiger partial charge in [-0.3, -0.25) is 10.1 Å². The van der Waals surface area contributed by atoms with Crippen LogP contribution in [-0.4, -0.2) is 24.2 Å². The average Bonchev–Trinajstić information content (AvgIpc) is 2.44. The number of nitrogens with zero attached hydrogens (tertiary/aromatic N) is 1. The van der Waals surface area contributed by atoms with E-state index in [0.29, 0.717) is 18.3 Å². The molecule has 5 heteroatoms. The average molecular weight is 278 g/mol. The first-order valence-electron chi connectivity index (χ1n) is 7.27. The highest BCUT2D eigenvalue weighted by Gasteiger charge is 2.13. The van der Waals surface area contributed by atoms with E-state index in [-0.39, 0.29) is 10.6 Å². The zero-order chi connectivity index (χ0) is 14.4. The van der Waals surface area contributed by atoms with Crippen LogP contribution in [0.2, 0.25) is 0 Å². The molecule has 0 amide bonds. The third-order valence-corrected chi connectivity index (χ3v) is 3.73. The van der Waals surface area contributed by atoms with Crippen molar-refractivity contribution in [3.05, 3.63) is 33.9 Å². The fourth-order valence-corrected chi connectivity index (χ4v) is 2.62. The van der Waals surface area contributed by atoms with Crippen molar-refractivity contribution in [3.8, 4) is 0 Å². The number of hydrogen-bond donors (Lipinski definition) is 1. The molecule has 0 radical (unpaired) electrons. The predicted octanol–water partition coefficient (Wildman–Crippen LogP) is 3.66. The molecule has 5 nitrogen and oxygen atoms in total. The summed E-state index contributed by atoms with van der Waals surface area (Å²) < 4.78 is 5.83. The van der Waals surface area contributed by atoms with E-state index < -0.39 is 0 Å². The molecule has 20 heavy (non-hydrogen) atoms. The number of nitro benzene ring substituents is 1. The van der Waals surface area contributed by atoms with Crippen molar-refractivity contribution < 1.29 is 9.66 Å². The SMILES string of the molecule is Cc1cc(NCCOC2CCCCC2)ccc1[N+](=O)[O-]. The van der Waals surface area contributed by atoms with E-state index in [9.17, 15) is 10.1 Å². The lowest BCUT2D eigenvalue weighted by atomic mass is 9.98. The van der Waals surface area contributed by atoms with Crippen molar-refractivity contribution in [1.82, 2.24) is 0 Å². The summed E-state index contributed by atoms with van der Waals surface area (Å²) in [4.78, 5) is 10.4. The second kappa shape index (κ2) is 7.24. The second-order valence-electron chi connectivity index (χ2n) is 5.32. The first-order chi connectivity index (χ1) is 9.66. The Hall–Kier alpha value is -1.62. The van der Waals surface area contributed by atoms with Gasteiger partial charge in [0.1, 0.15) is 0 Å². The summed E-state index contributed by atoms with van der Waals surface area (Å²) >= 11 is 0. The normalized spacial score (nSPS) is 16.1. The Balaban J connectivity index is 1.73. The van der Waals surface area contributed by atoms with Crippen LogP contribution in [0.4, 0.5) is 11.4 Å². The Labute approximate surface area is 119 Å². The topological polar surface area (TPSA) is 64.4 Å². The number of aryl methyl sites for hydroxylation is 1. The van der Waals surface area contributed by atoms with Gasteiger partial charge in [0.25, 0.3) is 5.69 Å². The van der Waals surface area contributed by atoms with Gasteiger partial charge in [-0.25, -0.2) is 0 Å². The Morgan fingerprint density at radius 2 is 2.10 bits per heavy atom. The summed E-state index contributed by atoms with van der Waals surface area (Å²) in [6.45, 7) is 3.16. The van der Waals surface area contributed by atoms with Crippen molar-refractivity contribution in [3.63, 3.8) is 0 Å². The molecule has 0 unspecified atom stereocenters. The highest BCUT2D eigenvalue weighted by Crippen LogP contribution is 2.22. The van der Waals surface area contributed by atoms with Crippen LogP contribution in [0.5, 0.6) is 0 Å².